The van der Waals surface area contributed by atoms with Crippen LogP contribution in [0, 0.1) is 0 Å². The minimum atomic E-state index is -0.223. The Hall–Kier alpha value is -3.12. The van der Waals surface area contributed by atoms with Crippen LogP contribution in [0.4, 0.5) is 0 Å². The molecular formula is C19H16ClN5O. The van der Waals surface area contributed by atoms with Gasteiger partial charge in [0.25, 0.3) is 0 Å². The highest BCUT2D eigenvalue weighted by Crippen LogP contribution is 2.19. The predicted molar refractivity (Wildman–Crippen MR) is 102 cm³/mol. The number of carbonyl (C=O) groups is 1. The van der Waals surface area contributed by atoms with Crippen LogP contribution in [0.5, 0.6) is 0 Å². The molecule has 130 valence electrons. The summed E-state index contributed by atoms with van der Waals surface area (Å²) in [5, 5.41) is 3.21. The molecule has 0 radical (unpaired) electrons. The zero-order valence-corrected chi connectivity index (χ0v) is 14.8. The van der Waals surface area contributed by atoms with E-state index in [0.29, 0.717) is 17.4 Å². The van der Waals surface area contributed by atoms with E-state index >= 15 is 0 Å². The van der Waals surface area contributed by atoms with Crippen LogP contribution in [0.1, 0.15) is 11.5 Å². The SMILES string of the molecule is Cn1c(CNC(=O)/C=C/c2c(Cl)nc3ccccn23)nc2ccccc21. The van der Waals surface area contributed by atoms with Crippen LogP contribution in [0.25, 0.3) is 22.8 Å². The molecule has 1 amide bonds. The monoisotopic (exact) mass is 365 g/mol. The number of benzene rings is 1. The maximum atomic E-state index is 12.2. The van der Waals surface area contributed by atoms with Gasteiger partial charge in [0.15, 0.2) is 5.15 Å². The normalized spacial score (nSPS) is 11.6. The van der Waals surface area contributed by atoms with Gasteiger partial charge in [-0.15, -0.1) is 0 Å². The van der Waals surface area contributed by atoms with E-state index in [4.69, 9.17) is 11.6 Å². The molecule has 7 heteroatoms. The lowest BCUT2D eigenvalue weighted by Crippen LogP contribution is -2.22. The van der Waals surface area contributed by atoms with Gasteiger partial charge in [-0.2, -0.15) is 0 Å². The van der Waals surface area contributed by atoms with Gasteiger partial charge in [0, 0.05) is 19.3 Å². The number of aromatic nitrogens is 4. The first kappa shape index (κ1) is 16.4. The largest absolute Gasteiger partial charge is 0.345 e. The van der Waals surface area contributed by atoms with E-state index in [0.717, 1.165) is 22.5 Å². The third kappa shape index (κ3) is 2.95. The predicted octanol–water partition coefficient (Wildman–Crippen LogP) is 3.20. The van der Waals surface area contributed by atoms with Crippen molar-refractivity contribution >= 4 is 40.3 Å². The molecule has 0 bridgehead atoms. The average Bonchev–Trinajstić information content (AvgIpc) is 3.15. The van der Waals surface area contributed by atoms with Crippen LogP contribution in [-0.2, 0) is 18.4 Å². The fourth-order valence-corrected chi connectivity index (χ4v) is 3.11. The van der Waals surface area contributed by atoms with Crippen molar-refractivity contribution in [2.45, 2.75) is 6.54 Å². The van der Waals surface area contributed by atoms with E-state index < -0.39 is 0 Å². The summed E-state index contributed by atoms with van der Waals surface area (Å²) in [6.45, 7) is 0.342. The molecule has 0 fully saturated rings. The van der Waals surface area contributed by atoms with E-state index in [1.54, 1.807) is 6.08 Å². The van der Waals surface area contributed by atoms with E-state index in [-0.39, 0.29) is 5.91 Å². The Morgan fingerprint density at radius 3 is 2.85 bits per heavy atom. The van der Waals surface area contributed by atoms with Gasteiger partial charge in [0.2, 0.25) is 5.91 Å². The number of hydrogen-bond acceptors (Lipinski definition) is 3. The Balaban J connectivity index is 1.49. The topological polar surface area (TPSA) is 64.2 Å². The van der Waals surface area contributed by atoms with Crippen LogP contribution >= 0.6 is 11.6 Å². The second-order valence-electron chi connectivity index (χ2n) is 5.84. The summed E-state index contributed by atoms with van der Waals surface area (Å²) in [6, 6.07) is 13.5. The Kier molecular flexibility index (Phi) is 4.18. The fourth-order valence-electron chi connectivity index (χ4n) is 2.87. The second-order valence-corrected chi connectivity index (χ2v) is 6.20. The summed E-state index contributed by atoms with van der Waals surface area (Å²) in [4.78, 5) is 21.0. The van der Waals surface area contributed by atoms with Crippen molar-refractivity contribution in [3.8, 4) is 0 Å². The van der Waals surface area contributed by atoms with Crippen molar-refractivity contribution in [3.63, 3.8) is 0 Å². The van der Waals surface area contributed by atoms with Gasteiger partial charge in [-0.25, -0.2) is 9.97 Å². The van der Waals surface area contributed by atoms with E-state index in [1.807, 2.05) is 64.7 Å². The number of halogens is 1. The third-order valence-electron chi connectivity index (χ3n) is 4.22. The van der Waals surface area contributed by atoms with Crippen molar-refractivity contribution in [1.82, 2.24) is 24.3 Å². The van der Waals surface area contributed by atoms with Crippen LogP contribution in [0.2, 0.25) is 5.15 Å². The standard InChI is InChI=1S/C19H16ClN5O/c1-24-14-7-3-2-6-13(14)22-17(24)12-21-18(26)10-9-15-19(20)23-16-8-4-5-11-25(15)16/h2-11H,12H2,1H3,(H,21,26)/b10-9+. The maximum Gasteiger partial charge on any atom is 0.244 e. The van der Waals surface area contributed by atoms with Crippen molar-refractivity contribution in [2.75, 3.05) is 0 Å². The number of hydrogen-bond donors (Lipinski definition) is 1. The molecular weight excluding hydrogens is 350 g/mol. The number of nitrogens with zero attached hydrogens (tertiary/aromatic N) is 4. The zero-order chi connectivity index (χ0) is 18.1. The molecule has 0 unspecified atom stereocenters. The summed E-state index contributed by atoms with van der Waals surface area (Å²) >= 11 is 6.16. The number of fused-ring (bicyclic) bond motifs is 2. The van der Waals surface area contributed by atoms with Crippen molar-refractivity contribution in [2.24, 2.45) is 7.05 Å². The highest BCUT2D eigenvalue weighted by Gasteiger charge is 2.09. The second kappa shape index (κ2) is 6.65. The molecule has 0 spiro atoms. The molecule has 4 rings (SSSR count). The molecule has 4 aromatic rings. The van der Waals surface area contributed by atoms with E-state index in [1.165, 1.54) is 6.08 Å². The molecule has 0 aliphatic rings. The number of para-hydroxylation sites is 2. The lowest BCUT2D eigenvalue weighted by molar-refractivity contribution is -0.116. The van der Waals surface area contributed by atoms with Gasteiger partial charge in [0.05, 0.1) is 23.3 Å². The summed E-state index contributed by atoms with van der Waals surface area (Å²) in [7, 11) is 1.94. The Morgan fingerprint density at radius 2 is 2.00 bits per heavy atom. The molecule has 6 nitrogen and oxygen atoms in total. The zero-order valence-electron chi connectivity index (χ0n) is 14.1. The summed E-state index contributed by atoms with van der Waals surface area (Å²) in [6.07, 6.45) is 4.96. The molecule has 0 saturated carbocycles. The quantitative estimate of drug-likeness (QED) is 0.565. The molecule has 3 heterocycles. The minimum Gasteiger partial charge on any atom is -0.345 e. The first-order chi connectivity index (χ1) is 12.6. The minimum absolute atomic E-state index is 0.223. The Labute approximate surface area is 154 Å². The number of rotatable bonds is 4. The molecule has 0 aliphatic carbocycles. The van der Waals surface area contributed by atoms with Crippen molar-refractivity contribution < 1.29 is 4.79 Å². The number of amides is 1. The number of pyridine rings is 1. The first-order valence-electron chi connectivity index (χ1n) is 8.12. The number of nitrogens with one attached hydrogen (secondary N) is 1. The van der Waals surface area contributed by atoms with Crippen LogP contribution in [0.3, 0.4) is 0 Å². The van der Waals surface area contributed by atoms with Crippen LogP contribution in [0.15, 0.2) is 54.7 Å². The summed E-state index contributed by atoms with van der Waals surface area (Å²) in [5.41, 5.74) is 3.34. The first-order valence-corrected chi connectivity index (χ1v) is 8.50. The Bertz CT molecular complexity index is 1140. The molecule has 0 saturated heterocycles. The molecule has 1 N–H and O–H groups in total. The molecule has 1 aromatic carbocycles. The van der Waals surface area contributed by atoms with Gasteiger partial charge in [0.1, 0.15) is 11.5 Å². The number of aryl methyl sites for hydroxylation is 1. The maximum absolute atomic E-state index is 12.2. The van der Waals surface area contributed by atoms with Crippen molar-refractivity contribution in [3.05, 3.63) is 71.4 Å². The van der Waals surface area contributed by atoms with Gasteiger partial charge >= 0.3 is 0 Å². The lowest BCUT2D eigenvalue weighted by Gasteiger charge is -2.03. The molecule has 0 aliphatic heterocycles. The third-order valence-corrected chi connectivity index (χ3v) is 4.49. The van der Waals surface area contributed by atoms with Gasteiger partial charge in [-0.1, -0.05) is 29.8 Å². The van der Waals surface area contributed by atoms with Crippen LogP contribution < -0.4 is 5.32 Å². The highest BCUT2D eigenvalue weighted by molar-refractivity contribution is 6.31. The van der Waals surface area contributed by atoms with Gasteiger partial charge in [-0.3, -0.25) is 9.20 Å². The molecule has 0 atom stereocenters. The highest BCUT2D eigenvalue weighted by atomic mass is 35.5. The van der Waals surface area contributed by atoms with Gasteiger partial charge < -0.3 is 9.88 Å². The molecule has 3 aromatic heterocycles. The number of imidazole rings is 2. The Morgan fingerprint density at radius 1 is 1.19 bits per heavy atom. The number of carbonyl (C=O) groups excluding carboxylic acids is 1. The summed E-state index contributed by atoms with van der Waals surface area (Å²) in [5.74, 6) is 0.569. The van der Waals surface area contributed by atoms with Crippen molar-refractivity contribution in [1.29, 1.82) is 0 Å². The molecule has 26 heavy (non-hydrogen) atoms. The smallest absolute Gasteiger partial charge is 0.244 e. The lowest BCUT2D eigenvalue weighted by atomic mass is 10.3. The van der Waals surface area contributed by atoms with E-state index in [2.05, 4.69) is 15.3 Å². The fraction of sp³-hybridized carbons (Fsp3) is 0.105. The summed E-state index contributed by atoms with van der Waals surface area (Å²) < 4.78 is 3.80. The van der Waals surface area contributed by atoms with Gasteiger partial charge in [-0.05, 0) is 30.3 Å². The van der Waals surface area contributed by atoms with E-state index in [9.17, 15) is 4.79 Å². The average molecular weight is 366 g/mol. The van der Waals surface area contributed by atoms with Crippen LogP contribution in [-0.4, -0.2) is 24.8 Å².